The molecular weight excluding hydrogens is 342 g/mol. The van der Waals surface area contributed by atoms with Gasteiger partial charge in [-0.05, 0) is 29.8 Å². The maximum absolute atomic E-state index is 11.9. The smallest absolute Gasteiger partial charge is 0.337 e. The van der Waals surface area contributed by atoms with Crippen molar-refractivity contribution < 1.29 is 28.7 Å². The Kier molecular flexibility index (Phi) is 6.05. The third-order valence-corrected chi connectivity index (χ3v) is 3.31. The number of hydrogen-bond donors (Lipinski definition) is 0. The Morgan fingerprint density at radius 1 is 1.04 bits per heavy atom. The van der Waals surface area contributed by atoms with E-state index in [1.54, 1.807) is 24.3 Å². The molecule has 8 nitrogen and oxygen atoms in total. The predicted molar refractivity (Wildman–Crippen MR) is 92.1 cm³/mol. The lowest BCUT2D eigenvalue weighted by Gasteiger charge is -2.07. The summed E-state index contributed by atoms with van der Waals surface area (Å²) in [7, 11) is 2.64. The molecular formula is C18H15NO7. The lowest BCUT2D eigenvalue weighted by Crippen LogP contribution is -2.05. The van der Waals surface area contributed by atoms with Crippen LogP contribution in [0.25, 0.3) is 6.08 Å². The summed E-state index contributed by atoms with van der Waals surface area (Å²) >= 11 is 0. The summed E-state index contributed by atoms with van der Waals surface area (Å²) in [6.07, 6.45) is 2.64. The van der Waals surface area contributed by atoms with Gasteiger partial charge in [-0.3, -0.25) is 10.1 Å². The number of carbonyl (C=O) groups excluding carboxylic acids is 2. The van der Waals surface area contributed by atoms with E-state index in [1.165, 1.54) is 32.4 Å². The Morgan fingerprint density at radius 3 is 2.31 bits per heavy atom. The highest BCUT2D eigenvalue weighted by Gasteiger charge is 2.14. The maximum Gasteiger partial charge on any atom is 0.337 e. The van der Waals surface area contributed by atoms with E-state index < -0.39 is 16.9 Å². The van der Waals surface area contributed by atoms with Crippen LogP contribution in [0.3, 0.4) is 0 Å². The summed E-state index contributed by atoms with van der Waals surface area (Å²) < 4.78 is 14.7. The summed E-state index contributed by atoms with van der Waals surface area (Å²) in [4.78, 5) is 33.5. The van der Waals surface area contributed by atoms with Gasteiger partial charge in [0.15, 0.2) is 11.5 Å². The normalized spacial score (nSPS) is 10.4. The van der Waals surface area contributed by atoms with Crippen LogP contribution in [0.2, 0.25) is 0 Å². The summed E-state index contributed by atoms with van der Waals surface area (Å²) in [5.74, 6) is -1.06. The van der Waals surface area contributed by atoms with E-state index in [2.05, 4.69) is 4.74 Å². The number of esters is 2. The van der Waals surface area contributed by atoms with Crippen molar-refractivity contribution >= 4 is 23.7 Å². The molecule has 0 aromatic heterocycles. The fourth-order valence-corrected chi connectivity index (χ4v) is 2.01. The molecule has 0 aliphatic carbocycles. The zero-order valence-electron chi connectivity index (χ0n) is 14.0. The lowest BCUT2D eigenvalue weighted by molar-refractivity contribution is -0.384. The van der Waals surface area contributed by atoms with Crippen LogP contribution in [0.5, 0.6) is 11.5 Å². The largest absolute Gasteiger partial charge is 0.493 e. The summed E-state index contributed by atoms with van der Waals surface area (Å²) in [5.41, 5.74) is 0.810. The van der Waals surface area contributed by atoms with Crippen LogP contribution in [-0.2, 0) is 9.53 Å². The lowest BCUT2D eigenvalue weighted by atomic mass is 10.1. The Balaban J connectivity index is 2.10. The van der Waals surface area contributed by atoms with E-state index in [-0.39, 0.29) is 17.2 Å². The molecule has 8 heteroatoms. The first kappa shape index (κ1) is 18.7. The minimum absolute atomic E-state index is 0.0580. The molecule has 0 bridgehead atoms. The van der Waals surface area contributed by atoms with Gasteiger partial charge >= 0.3 is 11.9 Å². The molecule has 0 atom stereocenters. The molecule has 2 rings (SSSR count). The molecule has 0 radical (unpaired) electrons. The fraction of sp³-hybridized carbons (Fsp3) is 0.111. The number of ether oxygens (including phenoxy) is 3. The zero-order valence-corrected chi connectivity index (χ0v) is 14.0. The third-order valence-electron chi connectivity index (χ3n) is 3.31. The van der Waals surface area contributed by atoms with Crippen LogP contribution >= 0.6 is 0 Å². The first-order valence-corrected chi connectivity index (χ1v) is 7.35. The standard InChI is InChI=1S/C18H15NO7/c1-24-15-9-8-14(19(22)23)11-16(15)26-17(20)10-5-12-3-6-13(7-4-12)18(21)25-2/h3-11H,1-2H3/b10-5+. The van der Waals surface area contributed by atoms with Crippen molar-refractivity contribution in [3.05, 3.63) is 69.8 Å². The van der Waals surface area contributed by atoms with Gasteiger partial charge in [-0.1, -0.05) is 12.1 Å². The van der Waals surface area contributed by atoms with Crippen molar-refractivity contribution in [3.8, 4) is 11.5 Å². The van der Waals surface area contributed by atoms with Crippen LogP contribution in [0.1, 0.15) is 15.9 Å². The average molecular weight is 357 g/mol. The van der Waals surface area contributed by atoms with Gasteiger partial charge in [-0.25, -0.2) is 9.59 Å². The molecule has 2 aromatic carbocycles. The van der Waals surface area contributed by atoms with Gasteiger partial charge in [0, 0.05) is 12.1 Å². The van der Waals surface area contributed by atoms with Gasteiger partial charge in [0.2, 0.25) is 0 Å². The number of methoxy groups -OCH3 is 2. The highest BCUT2D eigenvalue weighted by Crippen LogP contribution is 2.31. The van der Waals surface area contributed by atoms with Crippen LogP contribution in [0.4, 0.5) is 5.69 Å². The molecule has 2 aromatic rings. The molecule has 26 heavy (non-hydrogen) atoms. The SMILES string of the molecule is COC(=O)c1ccc(/C=C/C(=O)Oc2cc([N+](=O)[O-])ccc2OC)cc1. The number of nitro benzene ring substituents is 1. The number of carbonyl (C=O) groups is 2. The molecule has 0 aliphatic rings. The predicted octanol–water partition coefficient (Wildman–Crippen LogP) is 3.01. The van der Waals surface area contributed by atoms with Crippen LogP contribution in [0, 0.1) is 10.1 Å². The van der Waals surface area contributed by atoms with E-state index in [9.17, 15) is 19.7 Å². The third kappa shape index (κ3) is 4.67. The number of benzene rings is 2. The second kappa shape index (κ2) is 8.43. The second-order valence-corrected chi connectivity index (χ2v) is 4.96. The van der Waals surface area contributed by atoms with Gasteiger partial charge in [-0.2, -0.15) is 0 Å². The highest BCUT2D eigenvalue weighted by molar-refractivity contribution is 5.91. The van der Waals surface area contributed by atoms with Crippen LogP contribution in [-0.4, -0.2) is 31.1 Å². The topological polar surface area (TPSA) is 105 Å². The van der Waals surface area contributed by atoms with Crippen molar-refractivity contribution in [2.75, 3.05) is 14.2 Å². The Bertz CT molecular complexity index is 856. The summed E-state index contributed by atoms with van der Waals surface area (Å²) in [6, 6.07) is 10.1. The Morgan fingerprint density at radius 2 is 1.73 bits per heavy atom. The summed E-state index contributed by atoms with van der Waals surface area (Å²) in [5, 5.41) is 10.8. The minimum atomic E-state index is -0.735. The van der Waals surface area contributed by atoms with Crippen molar-refractivity contribution in [1.29, 1.82) is 0 Å². The monoisotopic (exact) mass is 357 g/mol. The van der Waals surface area contributed by atoms with Gasteiger partial charge in [0.25, 0.3) is 5.69 Å². The van der Waals surface area contributed by atoms with E-state index in [4.69, 9.17) is 9.47 Å². The Hall–Kier alpha value is -3.68. The molecule has 0 saturated heterocycles. The molecule has 0 spiro atoms. The number of nitro groups is 1. The molecule has 134 valence electrons. The second-order valence-electron chi connectivity index (χ2n) is 4.96. The molecule has 0 aliphatic heterocycles. The minimum Gasteiger partial charge on any atom is -0.493 e. The fourth-order valence-electron chi connectivity index (χ4n) is 2.01. The Labute approximate surface area is 148 Å². The van der Waals surface area contributed by atoms with E-state index in [1.807, 2.05) is 0 Å². The maximum atomic E-state index is 11.9. The average Bonchev–Trinajstić information content (AvgIpc) is 2.66. The number of non-ortho nitro benzene ring substituents is 1. The van der Waals surface area contributed by atoms with Gasteiger partial charge < -0.3 is 14.2 Å². The van der Waals surface area contributed by atoms with Crippen molar-refractivity contribution in [2.45, 2.75) is 0 Å². The van der Waals surface area contributed by atoms with E-state index in [0.717, 1.165) is 12.1 Å². The van der Waals surface area contributed by atoms with Gasteiger partial charge in [0.1, 0.15) is 0 Å². The first-order chi connectivity index (χ1) is 12.4. The summed E-state index contributed by atoms with van der Waals surface area (Å²) in [6.45, 7) is 0. The number of hydrogen-bond acceptors (Lipinski definition) is 7. The quantitative estimate of drug-likeness (QED) is 0.257. The first-order valence-electron chi connectivity index (χ1n) is 7.35. The molecule has 0 fully saturated rings. The number of rotatable bonds is 6. The van der Waals surface area contributed by atoms with E-state index in [0.29, 0.717) is 11.1 Å². The van der Waals surface area contributed by atoms with Crippen molar-refractivity contribution in [2.24, 2.45) is 0 Å². The van der Waals surface area contributed by atoms with Crippen molar-refractivity contribution in [3.63, 3.8) is 0 Å². The number of nitrogens with zero attached hydrogens (tertiary/aromatic N) is 1. The molecule has 0 N–H and O–H groups in total. The van der Waals surface area contributed by atoms with Gasteiger partial charge in [-0.15, -0.1) is 0 Å². The molecule has 0 saturated carbocycles. The highest BCUT2D eigenvalue weighted by atomic mass is 16.6. The zero-order chi connectivity index (χ0) is 19.1. The molecule has 0 unspecified atom stereocenters. The molecule has 0 heterocycles. The van der Waals surface area contributed by atoms with Crippen LogP contribution < -0.4 is 9.47 Å². The van der Waals surface area contributed by atoms with Crippen molar-refractivity contribution in [1.82, 2.24) is 0 Å². The van der Waals surface area contributed by atoms with Gasteiger partial charge in [0.05, 0.1) is 30.8 Å². The van der Waals surface area contributed by atoms with Crippen LogP contribution in [0.15, 0.2) is 48.5 Å². The molecule has 0 amide bonds. The van der Waals surface area contributed by atoms with E-state index >= 15 is 0 Å².